The van der Waals surface area contributed by atoms with Crippen molar-refractivity contribution in [3.8, 4) is 11.1 Å². The number of rotatable bonds is 2. The van der Waals surface area contributed by atoms with Crippen molar-refractivity contribution in [1.29, 1.82) is 0 Å². The fraction of sp³-hybridized carbons (Fsp3) is 0.300. The van der Waals surface area contributed by atoms with Gasteiger partial charge in [0.1, 0.15) is 0 Å². The van der Waals surface area contributed by atoms with Gasteiger partial charge in [-0.1, -0.05) is 35.9 Å². The number of benzene rings is 2. The summed E-state index contributed by atoms with van der Waals surface area (Å²) >= 11 is 6.68. The van der Waals surface area contributed by atoms with Crippen LogP contribution in [0, 0.1) is 0 Å². The SMILES string of the molecule is CN1CCc2cc(-c3cccc(C4CCC(=O)NC4=O)c3Cl)ccc21. The van der Waals surface area contributed by atoms with E-state index in [1.165, 1.54) is 11.3 Å². The van der Waals surface area contributed by atoms with Crippen LogP contribution >= 0.6 is 11.6 Å². The average Bonchev–Trinajstić information content (AvgIpc) is 2.96. The number of carbonyl (C=O) groups is 2. The number of hydrogen-bond acceptors (Lipinski definition) is 3. The van der Waals surface area contributed by atoms with Crippen LogP contribution in [0.25, 0.3) is 11.1 Å². The predicted molar refractivity (Wildman–Crippen MR) is 99.0 cm³/mol. The number of nitrogens with zero attached hydrogens (tertiary/aromatic N) is 1. The number of nitrogens with one attached hydrogen (secondary N) is 1. The smallest absolute Gasteiger partial charge is 0.234 e. The van der Waals surface area contributed by atoms with Gasteiger partial charge < -0.3 is 4.90 Å². The summed E-state index contributed by atoms with van der Waals surface area (Å²) in [7, 11) is 2.10. The molecule has 2 aromatic rings. The van der Waals surface area contributed by atoms with Gasteiger partial charge in [0.25, 0.3) is 0 Å². The molecule has 4 nitrogen and oxygen atoms in total. The van der Waals surface area contributed by atoms with E-state index in [9.17, 15) is 9.59 Å². The number of imide groups is 1. The van der Waals surface area contributed by atoms with Crippen LogP contribution in [-0.4, -0.2) is 25.4 Å². The van der Waals surface area contributed by atoms with Crippen LogP contribution < -0.4 is 10.2 Å². The Hall–Kier alpha value is -2.33. The Bertz CT molecular complexity index is 878. The first-order valence-corrected chi connectivity index (χ1v) is 8.89. The highest BCUT2D eigenvalue weighted by Crippen LogP contribution is 2.39. The second-order valence-electron chi connectivity index (χ2n) is 6.73. The molecule has 0 bridgehead atoms. The summed E-state index contributed by atoms with van der Waals surface area (Å²) in [6.07, 6.45) is 1.88. The lowest BCUT2D eigenvalue weighted by Crippen LogP contribution is -2.39. The van der Waals surface area contributed by atoms with Crippen LogP contribution in [0.5, 0.6) is 0 Å². The summed E-state index contributed by atoms with van der Waals surface area (Å²) in [5.74, 6) is -0.840. The molecule has 2 heterocycles. The first-order valence-electron chi connectivity index (χ1n) is 8.51. The molecular weight excluding hydrogens is 336 g/mol. The second kappa shape index (κ2) is 6.19. The lowest BCUT2D eigenvalue weighted by atomic mass is 9.88. The molecule has 5 heteroatoms. The minimum absolute atomic E-state index is 0.212. The van der Waals surface area contributed by atoms with Gasteiger partial charge in [0.05, 0.1) is 10.9 Å². The summed E-state index contributed by atoms with van der Waals surface area (Å²) in [6.45, 7) is 1.03. The number of halogens is 1. The van der Waals surface area contributed by atoms with Gasteiger partial charge in [0.2, 0.25) is 11.8 Å². The Morgan fingerprint density at radius 2 is 2.00 bits per heavy atom. The molecule has 1 fully saturated rings. The largest absolute Gasteiger partial charge is 0.374 e. The number of amides is 2. The molecule has 1 unspecified atom stereocenters. The van der Waals surface area contributed by atoms with E-state index in [1.807, 2.05) is 18.2 Å². The summed E-state index contributed by atoms with van der Waals surface area (Å²) in [5, 5.41) is 3.01. The van der Waals surface area contributed by atoms with Gasteiger partial charge in [0, 0.05) is 31.3 Å². The van der Waals surface area contributed by atoms with Crippen molar-refractivity contribution in [3.63, 3.8) is 0 Å². The van der Waals surface area contributed by atoms with Gasteiger partial charge in [-0.05, 0) is 41.7 Å². The Labute approximate surface area is 151 Å². The third-order valence-corrected chi connectivity index (χ3v) is 5.58. The predicted octanol–water partition coefficient (Wildman–Crippen LogP) is 3.52. The lowest BCUT2D eigenvalue weighted by Gasteiger charge is -2.23. The average molecular weight is 355 g/mol. The minimum Gasteiger partial charge on any atom is -0.374 e. The van der Waals surface area contributed by atoms with E-state index in [2.05, 4.69) is 35.5 Å². The van der Waals surface area contributed by atoms with Crippen LogP contribution in [0.3, 0.4) is 0 Å². The molecule has 0 aromatic heterocycles. The molecule has 0 aliphatic carbocycles. The molecule has 0 saturated carbocycles. The minimum atomic E-state index is -0.370. The van der Waals surface area contributed by atoms with Gasteiger partial charge in [-0.25, -0.2) is 0 Å². The maximum atomic E-state index is 12.2. The molecule has 4 rings (SSSR count). The molecule has 2 amide bonds. The molecular formula is C20H19ClN2O2. The zero-order valence-corrected chi connectivity index (χ0v) is 14.8. The van der Waals surface area contributed by atoms with Crippen molar-refractivity contribution in [2.24, 2.45) is 0 Å². The Morgan fingerprint density at radius 1 is 1.16 bits per heavy atom. The third-order valence-electron chi connectivity index (χ3n) is 5.16. The zero-order chi connectivity index (χ0) is 17.6. The van der Waals surface area contributed by atoms with Gasteiger partial charge in [0.15, 0.2) is 0 Å². The highest BCUT2D eigenvalue weighted by molar-refractivity contribution is 6.34. The first kappa shape index (κ1) is 16.2. The molecule has 2 aliphatic heterocycles. The van der Waals surface area contributed by atoms with E-state index in [1.54, 1.807) is 0 Å². The topological polar surface area (TPSA) is 49.4 Å². The number of fused-ring (bicyclic) bond motifs is 1. The van der Waals surface area contributed by atoms with Crippen molar-refractivity contribution in [1.82, 2.24) is 5.32 Å². The summed E-state index contributed by atoms with van der Waals surface area (Å²) in [6, 6.07) is 12.2. The van der Waals surface area contributed by atoms with E-state index in [0.717, 1.165) is 29.7 Å². The molecule has 1 atom stereocenters. The Morgan fingerprint density at radius 3 is 2.80 bits per heavy atom. The maximum absolute atomic E-state index is 12.2. The normalized spacial score (nSPS) is 19.8. The van der Waals surface area contributed by atoms with Crippen molar-refractivity contribution >= 4 is 29.1 Å². The standard InChI is InChI=1S/C20H19ClN2O2/c1-23-10-9-13-11-12(5-7-17(13)23)14-3-2-4-15(19(14)21)16-6-8-18(24)22-20(16)25/h2-5,7,11,16H,6,8-10H2,1H3,(H,22,24,25). The van der Waals surface area contributed by atoms with E-state index >= 15 is 0 Å². The summed E-state index contributed by atoms with van der Waals surface area (Å²) in [5.41, 5.74) is 5.37. The van der Waals surface area contributed by atoms with Crippen molar-refractivity contribution in [3.05, 3.63) is 52.5 Å². The van der Waals surface area contributed by atoms with Gasteiger partial charge in [-0.15, -0.1) is 0 Å². The number of anilines is 1. The first-order chi connectivity index (χ1) is 12.0. The monoisotopic (exact) mass is 354 g/mol. The molecule has 1 saturated heterocycles. The Balaban J connectivity index is 1.73. The van der Waals surface area contributed by atoms with Gasteiger partial charge in [-0.3, -0.25) is 14.9 Å². The van der Waals surface area contributed by atoms with Crippen molar-refractivity contribution in [2.75, 3.05) is 18.5 Å². The third kappa shape index (κ3) is 2.81. The summed E-state index contributed by atoms with van der Waals surface area (Å²) in [4.78, 5) is 25.8. The fourth-order valence-electron chi connectivity index (χ4n) is 3.77. The van der Waals surface area contributed by atoms with Crippen molar-refractivity contribution < 1.29 is 9.59 Å². The summed E-state index contributed by atoms with van der Waals surface area (Å²) < 4.78 is 0. The molecule has 1 N–H and O–H groups in total. The molecule has 2 aromatic carbocycles. The molecule has 128 valence electrons. The van der Waals surface area contributed by atoms with Gasteiger partial charge >= 0.3 is 0 Å². The van der Waals surface area contributed by atoms with Crippen molar-refractivity contribution in [2.45, 2.75) is 25.2 Å². The second-order valence-corrected chi connectivity index (χ2v) is 7.11. The van der Waals surface area contributed by atoms with E-state index in [-0.39, 0.29) is 17.7 Å². The van der Waals surface area contributed by atoms with Crippen LogP contribution in [0.15, 0.2) is 36.4 Å². The molecule has 0 spiro atoms. The van der Waals surface area contributed by atoms with Crippen LogP contribution in [-0.2, 0) is 16.0 Å². The number of carbonyl (C=O) groups excluding carboxylic acids is 2. The fourth-order valence-corrected chi connectivity index (χ4v) is 4.13. The zero-order valence-electron chi connectivity index (χ0n) is 14.0. The molecule has 2 aliphatic rings. The lowest BCUT2D eigenvalue weighted by molar-refractivity contribution is -0.134. The van der Waals surface area contributed by atoms with E-state index < -0.39 is 0 Å². The molecule has 25 heavy (non-hydrogen) atoms. The van der Waals surface area contributed by atoms with E-state index in [0.29, 0.717) is 17.9 Å². The highest BCUT2D eigenvalue weighted by atomic mass is 35.5. The molecule has 0 radical (unpaired) electrons. The quantitative estimate of drug-likeness (QED) is 0.839. The maximum Gasteiger partial charge on any atom is 0.234 e. The Kier molecular flexibility index (Phi) is 4.00. The van der Waals surface area contributed by atoms with Crippen LogP contribution in [0.2, 0.25) is 5.02 Å². The van der Waals surface area contributed by atoms with Crippen LogP contribution in [0.4, 0.5) is 5.69 Å². The number of hydrogen-bond donors (Lipinski definition) is 1. The van der Waals surface area contributed by atoms with Crippen LogP contribution in [0.1, 0.15) is 29.9 Å². The van der Waals surface area contributed by atoms with Gasteiger partial charge in [-0.2, -0.15) is 0 Å². The van der Waals surface area contributed by atoms with E-state index in [4.69, 9.17) is 11.6 Å². The number of likely N-dealkylation sites (N-methyl/N-ethyl adjacent to an activating group) is 1. The highest BCUT2D eigenvalue weighted by Gasteiger charge is 2.30. The number of piperidine rings is 1.